The smallest absolute Gasteiger partial charge is 0.0693 e. The average Bonchev–Trinajstić information content (AvgIpc) is 3.02. The first-order chi connectivity index (χ1) is 8.83. The molecular weight excluding hydrogens is 224 g/mol. The van der Waals surface area contributed by atoms with Gasteiger partial charge in [-0.3, -0.25) is 4.68 Å². The first-order valence-corrected chi connectivity index (χ1v) is 5.91. The Balaban J connectivity index is 1.91. The predicted molar refractivity (Wildman–Crippen MR) is 69.6 cm³/mol. The van der Waals surface area contributed by atoms with Gasteiger partial charge in [0.2, 0.25) is 0 Å². The maximum Gasteiger partial charge on any atom is 0.0693 e. The van der Waals surface area contributed by atoms with Crippen LogP contribution in [0, 0.1) is 6.92 Å². The molecule has 4 nitrogen and oxygen atoms in total. The van der Waals surface area contributed by atoms with Crippen LogP contribution in [0.3, 0.4) is 0 Å². The van der Waals surface area contributed by atoms with Gasteiger partial charge in [0.1, 0.15) is 0 Å². The highest BCUT2D eigenvalue weighted by molar-refractivity contribution is 5.32. The fourth-order valence-electron chi connectivity index (χ4n) is 1.93. The van der Waals surface area contributed by atoms with E-state index in [1.54, 1.807) is 6.20 Å². The second-order valence-electron chi connectivity index (χ2n) is 4.22. The van der Waals surface area contributed by atoms with Crippen molar-refractivity contribution in [1.82, 2.24) is 19.6 Å². The summed E-state index contributed by atoms with van der Waals surface area (Å²) < 4.78 is 3.81. The van der Waals surface area contributed by atoms with E-state index in [2.05, 4.69) is 16.4 Å². The third-order valence-corrected chi connectivity index (χ3v) is 2.91. The van der Waals surface area contributed by atoms with Crippen molar-refractivity contribution in [2.45, 2.75) is 13.5 Å². The molecule has 0 bridgehead atoms. The number of aromatic nitrogens is 4. The van der Waals surface area contributed by atoms with Gasteiger partial charge in [0.25, 0.3) is 0 Å². The lowest BCUT2D eigenvalue weighted by Gasteiger charge is -1.99. The highest BCUT2D eigenvalue weighted by Crippen LogP contribution is 2.12. The maximum absolute atomic E-state index is 4.54. The Kier molecular flexibility index (Phi) is 2.68. The van der Waals surface area contributed by atoms with Gasteiger partial charge >= 0.3 is 0 Å². The molecule has 0 N–H and O–H groups in total. The van der Waals surface area contributed by atoms with Crippen LogP contribution in [0.2, 0.25) is 0 Å². The lowest BCUT2D eigenvalue weighted by molar-refractivity contribution is 0.684. The molecule has 4 heteroatoms. The van der Waals surface area contributed by atoms with Crippen LogP contribution in [0.1, 0.15) is 11.3 Å². The third kappa shape index (κ3) is 2.05. The van der Waals surface area contributed by atoms with Gasteiger partial charge in [-0.2, -0.15) is 10.2 Å². The molecular formula is C14H14N4. The van der Waals surface area contributed by atoms with E-state index >= 15 is 0 Å². The van der Waals surface area contributed by atoms with E-state index in [1.165, 1.54) is 5.56 Å². The number of benzene rings is 1. The molecule has 1 aromatic carbocycles. The lowest BCUT2D eigenvalue weighted by atomic mass is 10.2. The number of para-hydroxylation sites is 1. The van der Waals surface area contributed by atoms with E-state index in [1.807, 2.05) is 58.9 Å². The first kappa shape index (κ1) is 10.8. The standard InChI is InChI=1S/C14H14N4/c1-12-13(10-17-9-5-8-15-17)11-18(16-12)14-6-3-2-4-7-14/h2-9,11H,10H2,1H3. The summed E-state index contributed by atoms with van der Waals surface area (Å²) in [6.07, 6.45) is 5.81. The summed E-state index contributed by atoms with van der Waals surface area (Å²) in [5.41, 5.74) is 3.30. The van der Waals surface area contributed by atoms with E-state index in [0.29, 0.717) is 0 Å². The van der Waals surface area contributed by atoms with Crippen LogP contribution in [-0.4, -0.2) is 19.6 Å². The third-order valence-electron chi connectivity index (χ3n) is 2.91. The number of nitrogens with zero attached hydrogens (tertiary/aromatic N) is 4. The Labute approximate surface area is 105 Å². The molecule has 90 valence electrons. The molecule has 0 aliphatic rings. The van der Waals surface area contributed by atoms with E-state index in [-0.39, 0.29) is 0 Å². The van der Waals surface area contributed by atoms with Crippen LogP contribution in [0.25, 0.3) is 5.69 Å². The zero-order valence-corrected chi connectivity index (χ0v) is 10.2. The molecule has 0 aliphatic heterocycles. The van der Waals surface area contributed by atoms with Crippen LogP contribution in [0.4, 0.5) is 0 Å². The van der Waals surface area contributed by atoms with Gasteiger partial charge in [-0.25, -0.2) is 4.68 Å². The summed E-state index contributed by atoms with van der Waals surface area (Å²) in [4.78, 5) is 0. The Hall–Kier alpha value is -2.36. The van der Waals surface area contributed by atoms with E-state index in [0.717, 1.165) is 17.9 Å². The molecule has 0 unspecified atom stereocenters. The maximum atomic E-state index is 4.54. The van der Waals surface area contributed by atoms with Crippen molar-refractivity contribution >= 4 is 0 Å². The number of rotatable bonds is 3. The SMILES string of the molecule is Cc1nn(-c2ccccc2)cc1Cn1cccn1. The summed E-state index contributed by atoms with van der Waals surface area (Å²) in [6.45, 7) is 2.78. The van der Waals surface area contributed by atoms with Crippen LogP contribution >= 0.6 is 0 Å². The Morgan fingerprint density at radius 2 is 1.94 bits per heavy atom. The summed E-state index contributed by atoms with van der Waals surface area (Å²) in [7, 11) is 0. The summed E-state index contributed by atoms with van der Waals surface area (Å²) >= 11 is 0. The number of hydrogen-bond donors (Lipinski definition) is 0. The minimum Gasteiger partial charge on any atom is -0.268 e. The molecule has 18 heavy (non-hydrogen) atoms. The first-order valence-electron chi connectivity index (χ1n) is 5.91. The molecule has 0 fully saturated rings. The van der Waals surface area contributed by atoms with E-state index in [4.69, 9.17) is 0 Å². The van der Waals surface area contributed by atoms with Gasteiger partial charge in [0.15, 0.2) is 0 Å². The Bertz CT molecular complexity index is 623. The van der Waals surface area contributed by atoms with Gasteiger partial charge in [-0.1, -0.05) is 18.2 Å². The van der Waals surface area contributed by atoms with Gasteiger partial charge < -0.3 is 0 Å². The summed E-state index contributed by atoms with van der Waals surface area (Å²) in [5, 5.41) is 8.75. The van der Waals surface area contributed by atoms with Crippen LogP contribution in [-0.2, 0) is 6.54 Å². The van der Waals surface area contributed by atoms with Crippen molar-refractivity contribution in [2.24, 2.45) is 0 Å². The highest BCUT2D eigenvalue weighted by Gasteiger charge is 2.06. The Morgan fingerprint density at radius 3 is 2.67 bits per heavy atom. The normalized spacial score (nSPS) is 10.7. The monoisotopic (exact) mass is 238 g/mol. The molecule has 0 saturated carbocycles. The molecule has 0 aliphatic carbocycles. The molecule has 2 heterocycles. The predicted octanol–water partition coefficient (Wildman–Crippen LogP) is 2.43. The summed E-state index contributed by atoms with van der Waals surface area (Å²) in [5.74, 6) is 0. The fourth-order valence-corrected chi connectivity index (χ4v) is 1.93. The zero-order valence-electron chi connectivity index (χ0n) is 10.2. The van der Waals surface area contributed by atoms with Gasteiger partial charge in [0.05, 0.1) is 17.9 Å². The van der Waals surface area contributed by atoms with Crippen molar-refractivity contribution in [2.75, 3.05) is 0 Å². The number of hydrogen-bond acceptors (Lipinski definition) is 2. The summed E-state index contributed by atoms with van der Waals surface area (Å²) in [6, 6.07) is 12.1. The van der Waals surface area contributed by atoms with Gasteiger partial charge in [-0.15, -0.1) is 0 Å². The minimum absolute atomic E-state index is 0.756. The van der Waals surface area contributed by atoms with Crippen molar-refractivity contribution in [3.63, 3.8) is 0 Å². The van der Waals surface area contributed by atoms with Crippen molar-refractivity contribution < 1.29 is 0 Å². The largest absolute Gasteiger partial charge is 0.268 e. The van der Waals surface area contributed by atoms with Crippen LogP contribution in [0.5, 0.6) is 0 Å². The molecule has 0 spiro atoms. The van der Waals surface area contributed by atoms with Crippen molar-refractivity contribution in [1.29, 1.82) is 0 Å². The van der Waals surface area contributed by atoms with Crippen LogP contribution < -0.4 is 0 Å². The molecule has 0 atom stereocenters. The zero-order chi connectivity index (χ0) is 12.4. The van der Waals surface area contributed by atoms with Crippen molar-refractivity contribution in [3.8, 4) is 5.69 Å². The molecule has 0 saturated heterocycles. The number of aryl methyl sites for hydroxylation is 1. The van der Waals surface area contributed by atoms with Gasteiger partial charge in [-0.05, 0) is 25.1 Å². The van der Waals surface area contributed by atoms with Crippen molar-refractivity contribution in [3.05, 3.63) is 66.2 Å². The average molecular weight is 238 g/mol. The second-order valence-corrected chi connectivity index (χ2v) is 4.22. The molecule has 0 amide bonds. The van der Waals surface area contributed by atoms with Crippen LogP contribution in [0.15, 0.2) is 55.0 Å². The molecule has 3 aromatic rings. The second kappa shape index (κ2) is 4.49. The topological polar surface area (TPSA) is 35.6 Å². The molecule has 3 rings (SSSR count). The molecule has 2 aromatic heterocycles. The molecule has 0 radical (unpaired) electrons. The van der Waals surface area contributed by atoms with Gasteiger partial charge in [0, 0.05) is 24.2 Å². The fraction of sp³-hybridized carbons (Fsp3) is 0.143. The quantitative estimate of drug-likeness (QED) is 0.702. The minimum atomic E-state index is 0.756. The Morgan fingerprint density at radius 1 is 1.11 bits per heavy atom. The lowest BCUT2D eigenvalue weighted by Crippen LogP contribution is -1.99. The highest BCUT2D eigenvalue weighted by atomic mass is 15.3. The van der Waals surface area contributed by atoms with E-state index < -0.39 is 0 Å². The van der Waals surface area contributed by atoms with E-state index in [9.17, 15) is 0 Å².